The van der Waals surface area contributed by atoms with Crippen LogP contribution < -0.4 is 5.32 Å². The Hall–Kier alpha value is -4.75. The van der Waals surface area contributed by atoms with Crippen LogP contribution in [0.3, 0.4) is 0 Å². The molecule has 44 heavy (non-hydrogen) atoms. The van der Waals surface area contributed by atoms with Crippen molar-refractivity contribution < 1.29 is 27.2 Å². The maximum absolute atomic E-state index is 13.6. The van der Waals surface area contributed by atoms with Crippen molar-refractivity contribution >= 4 is 41.3 Å². The van der Waals surface area contributed by atoms with Gasteiger partial charge in [0, 0.05) is 24.5 Å². The molecule has 0 saturated carbocycles. The Balaban J connectivity index is 1.28. The predicted molar refractivity (Wildman–Crippen MR) is 157 cm³/mol. The normalized spacial score (nSPS) is 21.2. The van der Waals surface area contributed by atoms with Gasteiger partial charge in [-0.1, -0.05) is 0 Å². The molecule has 0 radical (unpaired) electrons. The first-order chi connectivity index (χ1) is 21.0. The molecule has 0 aliphatic carbocycles. The molecule has 3 aliphatic heterocycles. The van der Waals surface area contributed by atoms with E-state index in [-0.39, 0.29) is 38.8 Å². The van der Waals surface area contributed by atoms with Crippen LogP contribution in [0.2, 0.25) is 5.28 Å². The summed E-state index contributed by atoms with van der Waals surface area (Å²) in [6.45, 7) is 0.522. The van der Waals surface area contributed by atoms with Gasteiger partial charge in [-0.15, -0.1) is 0 Å². The monoisotopic (exact) mass is 621 g/mol. The van der Waals surface area contributed by atoms with Gasteiger partial charge in [0.1, 0.15) is 23.4 Å². The second kappa shape index (κ2) is 11.4. The number of piperidine rings is 1. The number of amides is 2. The minimum atomic E-state index is -4.56. The summed E-state index contributed by atoms with van der Waals surface area (Å²) in [5, 5.41) is 2.41. The van der Waals surface area contributed by atoms with Crippen molar-refractivity contribution in [3.8, 4) is 0 Å². The summed E-state index contributed by atoms with van der Waals surface area (Å²) in [7, 11) is 1.96. The Labute approximate surface area is 254 Å². The molecule has 224 valence electrons. The molecule has 3 aromatic rings. The number of alkyl halides is 3. The molecule has 6 rings (SSSR count). The number of anilines is 1. The number of carbonyl (C=O) groups is 2. The highest BCUT2D eigenvalue weighted by Gasteiger charge is 2.46. The van der Waals surface area contributed by atoms with E-state index in [1.807, 2.05) is 13.2 Å². The summed E-state index contributed by atoms with van der Waals surface area (Å²) >= 11 is 5.96. The molecule has 1 N–H and O–H groups in total. The average molecular weight is 622 g/mol. The molecule has 2 amide bonds. The smallest absolute Gasteiger partial charge is 0.328 e. The van der Waals surface area contributed by atoms with Crippen molar-refractivity contribution in [3.05, 3.63) is 106 Å². The minimum Gasteiger partial charge on any atom is -0.328 e. The first-order valence-electron chi connectivity index (χ1n) is 13.7. The maximum atomic E-state index is 13.6. The lowest BCUT2D eigenvalue weighted by atomic mass is 9.97. The number of rotatable bonds is 5. The van der Waals surface area contributed by atoms with Gasteiger partial charge in [0.05, 0.1) is 36.6 Å². The number of halogens is 4. The number of likely N-dealkylation sites (tertiary alicyclic amines) is 1. The molecule has 1 saturated heterocycles. The summed E-state index contributed by atoms with van der Waals surface area (Å²) in [4.78, 5) is 49.4. The first kappa shape index (κ1) is 29.3. The van der Waals surface area contributed by atoms with Gasteiger partial charge in [-0.05, 0) is 73.3 Å². The molecule has 1 aromatic carbocycles. The van der Waals surface area contributed by atoms with Crippen molar-refractivity contribution in [2.75, 3.05) is 18.9 Å². The van der Waals surface area contributed by atoms with Crippen LogP contribution in [-0.2, 0) is 6.18 Å². The summed E-state index contributed by atoms with van der Waals surface area (Å²) in [6.07, 6.45) is 5.62. The quantitative estimate of drug-likeness (QED) is 0.300. The number of benzene rings is 1. The third-order valence-electron chi connectivity index (χ3n) is 7.74. The number of quaternary nitrogens is 1. The molecule has 3 aliphatic rings. The lowest BCUT2D eigenvalue weighted by Crippen LogP contribution is -2.46. The number of allylic oxidation sites excluding steroid dienone is 1. The number of nitrogens with zero attached hydrogens (tertiary/aromatic N) is 7. The van der Waals surface area contributed by atoms with E-state index >= 15 is 0 Å². The van der Waals surface area contributed by atoms with Crippen LogP contribution in [0.5, 0.6) is 0 Å². The van der Waals surface area contributed by atoms with Crippen molar-refractivity contribution in [1.29, 1.82) is 0 Å². The maximum Gasteiger partial charge on any atom is 0.416 e. The van der Waals surface area contributed by atoms with Crippen LogP contribution in [0, 0.1) is 0 Å². The molecule has 2 aromatic heterocycles. The molecule has 2 unspecified atom stereocenters. The fraction of sp³-hybridized carbons (Fsp3) is 0.233. The third-order valence-corrected chi connectivity index (χ3v) is 7.92. The summed E-state index contributed by atoms with van der Waals surface area (Å²) < 4.78 is 39.4. The van der Waals surface area contributed by atoms with Crippen LogP contribution in [0.1, 0.15) is 51.2 Å². The van der Waals surface area contributed by atoms with Gasteiger partial charge >= 0.3 is 6.18 Å². The second-order valence-corrected chi connectivity index (χ2v) is 10.9. The molecule has 2 atom stereocenters. The zero-order valence-electron chi connectivity index (χ0n) is 23.3. The molecule has 0 bridgehead atoms. The van der Waals surface area contributed by atoms with Crippen molar-refractivity contribution in [3.63, 3.8) is 0 Å². The third kappa shape index (κ3) is 5.51. The standard InChI is InChI=1S/C30H24ClF3N8O2/c1-42-15-13-35-17-23(42)25(22-4-2-3-14-41(22)28(44)21-10-12-37-29(31)38-21)40-26(42)18-5-7-19(8-6-18)27(43)39-24-16-20(9-11-36-24)30(32,33)34/h5-13,15-17,22H,2-4,14H2,1H3/p+1. The molecule has 10 nitrogen and oxygen atoms in total. The minimum absolute atomic E-state index is 0.00961. The van der Waals surface area contributed by atoms with E-state index in [0.29, 0.717) is 30.1 Å². The predicted octanol–water partition coefficient (Wildman–Crippen LogP) is 5.47. The molecular weight excluding hydrogens is 597 g/mol. The summed E-state index contributed by atoms with van der Waals surface area (Å²) in [5.74, 6) is -0.423. The summed E-state index contributed by atoms with van der Waals surface area (Å²) in [6, 6.07) is 9.41. The fourth-order valence-corrected chi connectivity index (χ4v) is 5.67. The van der Waals surface area contributed by atoms with Crippen LogP contribution in [0.4, 0.5) is 19.0 Å². The Bertz CT molecular complexity index is 1770. The Morgan fingerprint density at radius 1 is 1.07 bits per heavy atom. The molecular formula is C30H25ClF3N8O2+. The van der Waals surface area contributed by atoms with Crippen LogP contribution in [0.25, 0.3) is 0 Å². The van der Waals surface area contributed by atoms with Crippen molar-refractivity contribution in [1.82, 2.24) is 19.9 Å². The highest BCUT2D eigenvalue weighted by atomic mass is 35.5. The fourth-order valence-electron chi connectivity index (χ4n) is 5.52. The number of aliphatic imine (C=N–C) groups is 2. The number of carbonyl (C=O) groups excluding carboxylic acids is 2. The lowest BCUT2D eigenvalue weighted by Gasteiger charge is -2.35. The highest BCUT2D eigenvalue weighted by molar-refractivity contribution is 6.28. The van der Waals surface area contributed by atoms with Gasteiger partial charge in [0.15, 0.2) is 5.70 Å². The molecule has 1 fully saturated rings. The molecule has 5 heterocycles. The van der Waals surface area contributed by atoms with Gasteiger partial charge in [-0.3, -0.25) is 14.6 Å². The molecule has 0 spiro atoms. The highest BCUT2D eigenvalue weighted by Crippen LogP contribution is 2.38. The van der Waals surface area contributed by atoms with Crippen LogP contribution >= 0.6 is 11.6 Å². The van der Waals surface area contributed by atoms with Gasteiger partial charge < -0.3 is 10.2 Å². The van der Waals surface area contributed by atoms with Gasteiger partial charge in [-0.2, -0.15) is 18.2 Å². The number of amidine groups is 1. The van der Waals surface area contributed by atoms with Crippen LogP contribution in [-0.4, -0.2) is 67.8 Å². The second-order valence-electron chi connectivity index (χ2n) is 10.5. The SMILES string of the molecule is C[N+]12C=CN=CC1=C(C1CCCCN1C(=O)c1ccnc(Cl)n1)N=C2c1ccc(C(=O)Nc2cc(C(F)(F)F)ccn2)cc1. The van der Waals surface area contributed by atoms with Gasteiger partial charge in [-0.25, -0.2) is 19.4 Å². The zero-order valence-corrected chi connectivity index (χ0v) is 24.0. The van der Waals surface area contributed by atoms with E-state index in [2.05, 4.69) is 25.3 Å². The van der Waals surface area contributed by atoms with Crippen LogP contribution in [0.15, 0.2) is 88.6 Å². The van der Waals surface area contributed by atoms with E-state index in [0.717, 1.165) is 36.9 Å². The number of hydrogen-bond donors (Lipinski definition) is 1. The number of fused-ring (bicyclic) bond motifs is 1. The number of nitrogens with one attached hydrogen (secondary N) is 1. The van der Waals surface area contributed by atoms with Gasteiger partial charge in [0.2, 0.25) is 11.1 Å². The van der Waals surface area contributed by atoms with E-state index in [9.17, 15) is 22.8 Å². The Morgan fingerprint density at radius 2 is 1.84 bits per heavy atom. The largest absolute Gasteiger partial charge is 0.416 e. The van der Waals surface area contributed by atoms with E-state index in [4.69, 9.17) is 16.6 Å². The number of hydrogen-bond acceptors (Lipinski definition) is 7. The number of pyridine rings is 1. The number of aromatic nitrogens is 3. The average Bonchev–Trinajstić information content (AvgIpc) is 3.33. The topological polar surface area (TPSA) is 113 Å². The molecule has 14 heteroatoms. The van der Waals surface area contributed by atoms with Crippen molar-refractivity contribution in [2.45, 2.75) is 31.5 Å². The Morgan fingerprint density at radius 3 is 2.59 bits per heavy atom. The van der Waals surface area contributed by atoms with Crippen molar-refractivity contribution in [2.24, 2.45) is 9.98 Å². The Kier molecular flexibility index (Phi) is 7.59. The van der Waals surface area contributed by atoms with E-state index in [1.54, 1.807) is 41.6 Å². The first-order valence-corrected chi connectivity index (χ1v) is 14.1. The lowest BCUT2D eigenvalue weighted by molar-refractivity contribution is -0.713. The van der Waals surface area contributed by atoms with E-state index in [1.165, 1.54) is 12.3 Å². The summed E-state index contributed by atoms with van der Waals surface area (Å²) in [5.41, 5.74) is 1.75. The van der Waals surface area contributed by atoms with E-state index < -0.39 is 17.6 Å². The zero-order chi connectivity index (χ0) is 31.1. The van der Waals surface area contributed by atoms with Gasteiger partial charge in [0.25, 0.3) is 11.8 Å².